The van der Waals surface area contributed by atoms with E-state index in [-0.39, 0.29) is 11.1 Å². The fourth-order valence-electron chi connectivity index (χ4n) is 2.17. The molecule has 1 N–H and O–H groups in total. The Morgan fingerprint density at radius 2 is 2.04 bits per heavy atom. The second-order valence-electron chi connectivity index (χ2n) is 6.31. The van der Waals surface area contributed by atoms with Gasteiger partial charge in [-0.2, -0.15) is 4.39 Å². The van der Waals surface area contributed by atoms with E-state index >= 15 is 0 Å². The number of carbonyl (C=O) groups excluding carboxylic acids is 1. The topological polar surface area (TPSA) is 98.5 Å². The van der Waals surface area contributed by atoms with E-state index in [9.17, 15) is 23.9 Å². The van der Waals surface area contributed by atoms with Crippen LogP contribution in [0.5, 0.6) is 0 Å². The standard InChI is InChI=1S/C17H17FN2O5/c1-17(2,3)25-13(21)9-20-8-10(7-12(15(20)22)16(23)24)11-5-4-6-19-14(11)18/h4-8H,9H2,1-3H3,(H,23,24). The predicted octanol–water partition coefficient (Wildman–Crippen LogP) is 2.09. The fraction of sp³-hybridized carbons (Fsp3) is 0.294. The largest absolute Gasteiger partial charge is 0.477 e. The zero-order chi connectivity index (χ0) is 18.8. The molecule has 0 amide bonds. The molecule has 0 aliphatic heterocycles. The second-order valence-corrected chi connectivity index (χ2v) is 6.31. The molecule has 0 bridgehead atoms. The average molecular weight is 348 g/mol. The van der Waals surface area contributed by atoms with Crippen LogP contribution in [0.3, 0.4) is 0 Å². The summed E-state index contributed by atoms with van der Waals surface area (Å²) in [5, 5.41) is 9.21. The van der Waals surface area contributed by atoms with Crippen LogP contribution in [0.1, 0.15) is 31.1 Å². The summed E-state index contributed by atoms with van der Waals surface area (Å²) in [5.74, 6) is -3.01. The van der Waals surface area contributed by atoms with Crippen molar-refractivity contribution in [3.8, 4) is 11.1 Å². The minimum Gasteiger partial charge on any atom is -0.477 e. The van der Waals surface area contributed by atoms with E-state index in [4.69, 9.17) is 4.74 Å². The molecule has 0 spiro atoms. The van der Waals surface area contributed by atoms with Gasteiger partial charge in [0.2, 0.25) is 5.95 Å². The molecule has 0 unspecified atom stereocenters. The molecule has 2 aromatic heterocycles. The van der Waals surface area contributed by atoms with Gasteiger partial charge in [-0.25, -0.2) is 9.78 Å². The SMILES string of the molecule is CC(C)(C)OC(=O)Cn1cc(-c2cccnc2F)cc(C(=O)O)c1=O. The summed E-state index contributed by atoms with van der Waals surface area (Å²) in [6, 6.07) is 3.92. The molecule has 0 radical (unpaired) electrons. The fourth-order valence-corrected chi connectivity index (χ4v) is 2.17. The maximum atomic E-state index is 13.9. The highest BCUT2D eigenvalue weighted by Gasteiger charge is 2.20. The van der Waals surface area contributed by atoms with E-state index in [1.807, 2.05) is 0 Å². The van der Waals surface area contributed by atoms with E-state index in [2.05, 4.69) is 4.98 Å². The maximum Gasteiger partial charge on any atom is 0.341 e. The molecule has 0 fully saturated rings. The van der Waals surface area contributed by atoms with Crippen LogP contribution in [0, 0.1) is 5.95 Å². The third-order valence-electron chi connectivity index (χ3n) is 3.11. The molecule has 0 aromatic carbocycles. The van der Waals surface area contributed by atoms with Crippen LogP contribution in [0.25, 0.3) is 11.1 Å². The molecule has 7 nitrogen and oxygen atoms in total. The van der Waals surface area contributed by atoms with Crippen LogP contribution in [0.2, 0.25) is 0 Å². The van der Waals surface area contributed by atoms with Gasteiger partial charge in [0.15, 0.2) is 0 Å². The molecule has 0 aliphatic carbocycles. The lowest BCUT2D eigenvalue weighted by Crippen LogP contribution is -2.32. The van der Waals surface area contributed by atoms with E-state index in [1.54, 1.807) is 20.8 Å². The van der Waals surface area contributed by atoms with Gasteiger partial charge < -0.3 is 14.4 Å². The lowest BCUT2D eigenvalue weighted by atomic mass is 10.1. The molecule has 0 saturated heterocycles. The number of nitrogens with zero attached hydrogens (tertiary/aromatic N) is 2. The van der Waals surface area contributed by atoms with Gasteiger partial charge >= 0.3 is 11.9 Å². The first-order chi connectivity index (χ1) is 11.6. The first kappa shape index (κ1) is 18.3. The quantitative estimate of drug-likeness (QED) is 0.671. The summed E-state index contributed by atoms with van der Waals surface area (Å²) in [4.78, 5) is 39.0. The smallest absolute Gasteiger partial charge is 0.341 e. The Bertz CT molecular complexity index is 883. The zero-order valence-electron chi connectivity index (χ0n) is 13.9. The van der Waals surface area contributed by atoms with Crippen LogP contribution in [0.4, 0.5) is 4.39 Å². The van der Waals surface area contributed by atoms with Gasteiger partial charge in [0.25, 0.3) is 5.56 Å². The van der Waals surface area contributed by atoms with Crippen LogP contribution >= 0.6 is 0 Å². The molecule has 2 rings (SSSR count). The van der Waals surface area contributed by atoms with Gasteiger partial charge in [0.05, 0.1) is 0 Å². The zero-order valence-corrected chi connectivity index (χ0v) is 13.9. The Balaban J connectivity index is 2.53. The highest BCUT2D eigenvalue weighted by molar-refractivity contribution is 5.89. The summed E-state index contributed by atoms with van der Waals surface area (Å²) in [6.07, 6.45) is 2.45. The van der Waals surface area contributed by atoms with E-state index in [0.29, 0.717) is 0 Å². The highest BCUT2D eigenvalue weighted by Crippen LogP contribution is 2.21. The monoisotopic (exact) mass is 348 g/mol. The van der Waals surface area contributed by atoms with Crippen molar-refractivity contribution < 1.29 is 23.8 Å². The molecule has 0 saturated carbocycles. The lowest BCUT2D eigenvalue weighted by molar-refractivity contribution is -0.155. The molecule has 132 valence electrons. The summed E-state index contributed by atoms with van der Waals surface area (Å²) in [7, 11) is 0. The molecule has 0 aliphatic rings. The summed E-state index contributed by atoms with van der Waals surface area (Å²) < 4.78 is 19.9. The summed E-state index contributed by atoms with van der Waals surface area (Å²) in [6.45, 7) is 4.50. The Labute approximate surface area is 142 Å². The van der Waals surface area contributed by atoms with Crippen molar-refractivity contribution in [3.05, 3.63) is 52.5 Å². The van der Waals surface area contributed by atoms with E-state index < -0.39 is 41.2 Å². The number of halogens is 1. The third-order valence-corrected chi connectivity index (χ3v) is 3.11. The van der Waals surface area contributed by atoms with Gasteiger partial charge in [0, 0.05) is 23.5 Å². The first-order valence-electron chi connectivity index (χ1n) is 7.39. The minimum absolute atomic E-state index is 0.0166. The molecular formula is C17H17FN2O5. The average Bonchev–Trinajstić information content (AvgIpc) is 2.47. The number of hydrogen-bond donors (Lipinski definition) is 1. The first-order valence-corrected chi connectivity index (χ1v) is 7.39. The summed E-state index contributed by atoms with van der Waals surface area (Å²) >= 11 is 0. The number of aromatic nitrogens is 2. The lowest BCUT2D eigenvalue weighted by Gasteiger charge is -2.20. The summed E-state index contributed by atoms with van der Waals surface area (Å²) in [5.41, 5.74) is -2.09. The molecule has 0 atom stereocenters. The molecule has 2 heterocycles. The number of ether oxygens (including phenoxy) is 1. The van der Waals surface area contributed by atoms with Crippen LogP contribution < -0.4 is 5.56 Å². The van der Waals surface area contributed by atoms with Gasteiger partial charge in [-0.3, -0.25) is 9.59 Å². The van der Waals surface area contributed by atoms with Crippen LogP contribution in [-0.2, 0) is 16.1 Å². The van der Waals surface area contributed by atoms with Gasteiger partial charge in [-0.05, 0) is 39.0 Å². The van der Waals surface area contributed by atoms with Gasteiger partial charge in [0.1, 0.15) is 17.7 Å². The number of aromatic carboxylic acids is 1. The Morgan fingerprint density at radius 1 is 1.36 bits per heavy atom. The minimum atomic E-state index is -1.48. The molecule has 25 heavy (non-hydrogen) atoms. The molecule has 8 heteroatoms. The maximum absolute atomic E-state index is 13.9. The van der Waals surface area contributed by atoms with Gasteiger partial charge in [-0.15, -0.1) is 0 Å². The Morgan fingerprint density at radius 3 is 2.60 bits per heavy atom. The Kier molecular flexibility index (Phi) is 5.01. The number of hydrogen-bond acceptors (Lipinski definition) is 5. The van der Waals surface area contributed by atoms with Crippen molar-refractivity contribution in [2.75, 3.05) is 0 Å². The molecular weight excluding hydrogens is 331 g/mol. The number of esters is 1. The predicted molar refractivity (Wildman–Crippen MR) is 86.7 cm³/mol. The van der Waals surface area contributed by atoms with Crippen molar-refractivity contribution in [2.24, 2.45) is 0 Å². The highest BCUT2D eigenvalue weighted by atomic mass is 19.1. The number of carboxylic acid groups (broad SMARTS) is 1. The van der Waals surface area contributed by atoms with Crippen LogP contribution in [-0.4, -0.2) is 32.2 Å². The van der Waals surface area contributed by atoms with Crippen LogP contribution in [0.15, 0.2) is 35.4 Å². The van der Waals surface area contributed by atoms with Crippen molar-refractivity contribution >= 4 is 11.9 Å². The number of pyridine rings is 2. The van der Waals surface area contributed by atoms with Crippen molar-refractivity contribution in [3.63, 3.8) is 0 Å². The van der Waals surface area contributed by atoms with E-state index in [0.717, 1.165) is 10.6 Å². The van der Waals surface area contributed by atoms with E-state index in [1.165, 1.54) is 24.5 Å². The van der Waals surface area contributed by atoms with Gasteiger partial charge in [-0.1, -0.05) is 0 Å². The second kappa shape index (κ2) is 6.84. The normalized spacial score (nSPS) is 11.2. The molecule has 2 aromatic rings. The Hall–Kier alpha value is -3.03. The van der Waals surface area contributed by atoms with Crippen molar-refractivity contribution in [2.45, 2.75) is 32.9 Å². The third kappa shape index (κ3) is 4.50. The van der Waals surface area contributed by atoms with Crippen molar-refractivity contribution in [1.82, 2.24) is 9.55 Å². The number of rotatable bonds is 4. The van der Waals surface area contributed by atoms with Crippen molar-refractivity contribution in [1.29, 1.82) is 0 Å². The number of carboxylic acids is 1. The number of carbonyl (C=O) groups is 2.